The summed E-state index contributed by atoms with van der Waals surface area (Å²) in [4.78, 5) is 13.6. The van der Waals surface area contributed by atoms with E-state index in [1.165, 1.54) is 23.9 Å². The molecule has 0 saturated heterocycles. The van der Waals surface area contributed by atoms with E-state index < -0.39 is 0 Å². The lowest BCUT2D eigenvalue weighted by atomic mass is 10.2. The minimum atomic E-state index is -0.275. The van der Waals surface area contributed by atoms with Crippen LogP contribution in [-0.2, 0) is 7.05 Å². The fraction of sp³-hybridized carbons (Fsp3) is 0.0625. The molecule has 0 aliphatic carbocycles. The third-order valence-electron chi connectivity index (χ3n) is 3.14. The van der Waals surface area contributed by atoms with Crippen LogP contribution in [0.25, 0.3) is 10.9 Å². The lowest BCUT2D eigenvalue weighted by Gasteiger charge is -2.09. The Morgan fingerprint density at radius 1 is 1.05 bits per heavy atom. The molecule has 0 fully saturated rings. The Bertz CT molecular complexity index is 841. The minimum absolute atomic E-state index is 0.0670. The maximum Gasteiger partial charge on any atom is 0.251 e. The predicted octanol–water partition coefficient (Wildman–Crippen LogP) is 3.83. The van der Waals surface area contributed by atoms with Gasteiger partial charge in [-0.1, -0.05) is 36.0 Å². The van der Waals surface area contributed by atoms with Crippen molar-refractivity contribution in [3.63, 3.8) is 0 Å². The maximum absolute atomic E-state index is 13.2. The van der Waals surface area contributed by atoms with Gasteiger partial charge in [0, 0.05) is 28.3 Å². The molecule has 0 aliphatic heterocycles. The molecule has 2 nitrogen and oxygen atoms in total. The number of hydrogen-bond donors (Lipinski definition) is 0. The zero-order valence-corrected chi connectivity index (χ0v) is 11.7. The monoisotopic (exact) mass is 285 g/mol. The molecule has 0 amide bonds. The lowest BCUT2D eigenvalue weighted by molar-refractivity contribution is 0.624. The molecule has 0 atom stereocenters. The number of aryl methyl sites for hydroxylation is 1. The first kappa shape index (κ1) is 12.9. The van der Waals surface area contributed by atoms with E-state index in [4.69, 9.17) is 0 Å². The Hall–Kier alpha value is -2.07. The van der Waals surface area contributed by atoms with Crippen LogP contribution in [-0.4, -0.2) is 4.57 Å². The molecule has 1 aromatic heterocycles. The van der Waals surface area contributed by atoms with E-state index in [1.54, 1.807) is 23.7 Å². The fourth-order valence-electron chi connectivity index (χ4n) is 2.12. The van der Waals surface area contributed by atoms with Crippen molar-refractivity contribution in [3.8, 4) is 0 Å². The molecule has 0 aliphatic rings. The van der Waals surface area contributed by atoms with E-state index in [1.807, 2.05) is 30.3 Å². The molecule has 0 bridgehead atoms. The standard InChI is InChI=1S/C16H12FNOS/c1-18-14-8-3-2-7-13(14)15(10-16(18)19)20-12-6-4-5-11(17)9-12/h2-10H,1H3. The van der Waals surface area contributed by atoms with Crippen molar-refractivity contribution < 1.29 is 4.39 Å². The second kappa shape index (κ2) is 5.13. The second-order valence-electron chi connectivity index (χ2n) is 4.48. The Kier molecular flexibility index (Phi) is 3.32. The lowest BCUT2D eigenvalue weighted by Crippen LogP contribution is -2.15. The molecular formula is C16H12FNOS. The SMILES string of the molecule is Cn1c(=O)cc(Sc2cccc(F)c2)c2ccccc21. The first-order chi connectivity index (χ1) is 9.65. The van der Waals surface area contributed by atoms with Crippen molar-refractivity contribution in [1.82, 2.24) is 4.57 Å². The third-order valence-corrected chi connectivity index (χ3v) is 4.19. The van der Waals surface area contributed by atoms with Crippen LogP contribution in [0.15, 0.2) is 69.2 Å². The highest BCUT2D eigenvalue weighted by Crippen LogP contribution is 2.32. The molecule has 0 radical (unpaired) electrons. The van der Waals surface area contributed by atoms with Crippen LogP contribution >= 0.6 is 11.8 Å². The van der Waals surface area contributed by atoms with Gasteiger partial charge in [-0.15, -0.1) is 0 Å². The van der Waals surface area contributed by atoms with Crippen molar-refractivity contribution in [2.45, 2.75) is 9.79 Å². The van der Waals surface area contributed by atoms with Crippen LogP contribution in [0, 0.1) is 5.82 Å². The summed E-state index contributed by atoms with van der Waals surface area (Å²) in [6.45, 7) is 0. The van der Waals surface area contributed by atoms with Crippen LogP contribution in [0.4, 0.5) is 4.39 Å². The van der Waals surface area contributed by atoms with Crippen molar-refractivity contribution in [2.75, 3.05) is 0 Å². The van der Waals surface area contributed by atoms with Gasteiger partial charge in [-0.2, -0.15) is 0 Å². The number of pyridine rings is 1. The molecule has 20 heavy (non-hydrogen) atoms. The van der Waals surface area contributed by atoms with Gasteiger partial charge >= 0.3 is 0 Å². The summed E-state index contributed by atoms with van der Waals surface area (Å²) in [6, 6.07) is 15.7. The fourth-order valence-corrected chi connectivity index (χ4v) is 3.14. The van der Waals surface area contributed by atoms with Gasteiger partial charge in [-0.25, -0.2) is 4.39 Å². The Labute approximate surface area is 119 Å². The van der Waals surface area contributed by atoms with Crippen molar-refractivity contribution in [2.24, 2.45) is 7.05 Å². The first-order valence-electron chi connectivity index (χ1n) is 6.17. The molecule has 3 aromatic rings. The summed E-state index contributed by atoms with van der Waals surface area (Å²) in [5.74, 6) is -0.275. The largest absolute Gasteiger partial charge is 0.311 e. The maximum atomic E-state index is 13.2. The van der Waals surface area contributed by atoms with Gasteiger partial charge in [0.1, 0.15) is 5.82 Å². The summed E-state index contributed by atoms with van der Waals surface area (Å²) in [7, 11) is 1.75. The molecule has 0 N–H and O–H groups in total. The molecule has 0 saturated carbocycles. The molecule has 100 valence electrons. The van der Waals surface area contributed by atoms with Crippen LogP contribution < -0.4 is 5.56 Å². The number of nitrogens with zero attached hydrogens (tertiary/aromatic N) is 1. The first-order valence-corrected chi connectivity index (χ1v) is 6.99. The Morgan fingerprint density at radius 2 is 1.85 bits per heavy atom. The topological polar surface area (TPSA) is 22.0 Å². The van der Waals surface area contributed by atoms with Crippen molar-refractivity contribution in [3.05, 3.63) is 70.8 Å². The smallest absolute Gasteiger partial charge is 0.251 e. The van der Waals surface area contributed by atoms with Crippen LogP contribution in [0.1, 0.15) is 0 Å². The summed E-state index contributed by atoms with van der Waals surface area (Å²) < 4.78 is 14.9. The van der Waals surface area contributed by atoms with Gasteiger partial charge in [-0.3, -0.25) is 4.79 Å². The van der Waals surface area contributed by atoms with Gasteiger partial charge in [0.2, 0.25) is 0 Å². The number of para-hydroxylation sites is 1. The number of benzene rings is 2. The quantitative estimate of drug-likeness (QED) is 0.714. The van der Waals surface area contributed by atoms with Gasteiger partial charge in [0.15, 0.2) is 0 Å². The average Bonchev–Trinajstić information content (AvgIpc) is 2.45. The molecule has 0 spiro atoms. The van der Waals surface area contributed by atoms with Gasteiger partial charge in [-0.05, 0) is 24.3 Å². The number of halogens is 1. The predicted molar refractivity (Wildman–Crippen MR) is 79.7 cm³/mol. The van der Waals surface area contributed by atoms with E-state index in [0.717, 1.165) is 20.7 Å². The molecular weight excluding hydrogens is 273 g/mol. The van der Waals surface area contributed by atoms with Gasteiger partial charge < -0.3 is 4.57 Å². The Morgan fingerprint density at radius 3 is 2.65 bits per heavy atom. The van der Waals surface area contributed by atoms with Crippen molar-refractivity contribution >= 4 is 22.7 Å². The van der Waals surface area contributed by atoms with E-state index >= 15 is 0 Å². The summed E-state index contributed by atoms with van der Waals surface area (Å²) in [5.41, 5.74) is 0.807. The van der Waals surface area contributed by atoms with E-state index in [0.29, 0.717) is 0 Å². The highest BCUT2D eigenvalue weighted by Gasteiger charge is 2.08. The van der Waals surface area contributed by atoms with E-state index in [9.17, 15) is 9.18 Å². The number of hydrogen-bond acceptors (Lipinski definition) is 2. The average molecular weight is 285 g/mol. The van der Waals surface area contributed by atoms with Crippen LogP contribution in [0.5, 0.6) is 0 Å². The summed E-state index contributed by atoms with van der Waals surface area (Å²) in [5, 5.41) is 0.990. The second-order valence-corrected chi connectivity index (χ2v) is 5.60. The molecule has 2 aromatic carbocycles. The summed E-state index contributed by atoms with van der Waals surface area (Å²) in [6.07, 6.45) is 0. The van der Waals surface area contributed by atoms with Crippen LogP contribution in [0.3, 0.4) is 0 Å². The normalized spacial score (nSPS) is 10.9. The van der Waals surface area contributed by atoms with Gasteiger partial charge in [0.25, 0.3) is 5.56 Å². The highest BCUT2D eigenvalue weighted by molar-refractivity contribution is 7.99. The third kappa shape index (κ3) is 2.34. The van der Waals surface area contributed by atoms with Gasteiger partial charge in [0.05, 0.1) is 5.52 Å². The minimum Gasteiger partial charge on any atom is -0.311 e. The van der Waals surface area contributed by atoms with E-state index in [2.05, 4.69) is 0 Å². The number of rotatable bonds is 2. The highest BCUT2D eigenvalue weighted by atomic mass is 32.2. The molecule has 0 unspecified atom stereocenters. The zero-order valence-electron chi connectivity index (χ0n) is 10.8. The molecule has 4 heteroatoms. The number of aromatic nitrogens is 1. The van der Waals surface area contributed by atoms with Crippen molar-refractivity contribution in [1.29, 1.82) is 0 Å². The Balaban J connectivity index is 2.17. The zero-order chi connectivity index (χ0) is 14.1. The van der Waals surface area contributed by atoms with Crippen LogP contribution in [0.2, 0.25) is 0 Å². The number of fused-ring (bicyclic) bond motifs is 1. The molecule has 1 heterocycles. The molecule has 3 rings (SSSR count). The van der Waals surface area contributed by atoms with E-state index in [-0.39, 0.29) is 11.4 Å². The summed E-state index contributed by atoms with van der Waals surface area (Å²) >= 11 is 1.40.